The van der Waals surface area contributed by atoms with Crippen molar-refractivity contribution in [3.05, 3.63) is 119 Å². The van der Waals surface area contributed by atoms with Crippen molar-refractivity contribution < 1.29 is 49.3 Å². The van der Waals surface area contributed by atoms with E-state index < -0.39 is 37.2 Å². The smallest absolute Gasteiger partial charge is 0.871 e. The molecule has 0 fully saturated rings. The molecule has 2 aromatic heterocycles. The van der Waals surface area contributed by atoms with Gasteiger partial charge in [-0.15, -0.1) is 15.3 Å². The standard InChI is InChI=1S/2C16H15N5O4S.Co/c2*1-10-15(16(23)21(20-10)11-5-3-2-4-6-11)19-18-13-9-12(26(17,24)25)7-8-14(13)22;/h2-9,22-23H,1H3,(H2,17,24,25);2-9,20,22H,1H3,(H2,17,24,25);/q;;+3/p-3. The summed E-state index contributed by atoms with van der Waals surface area (Å²) in [4.78, 5) is 11.9. The van der Waals surface area contributed by atoms with E-state index in [0.717, 1.165) is 41.1 Å². The zero-order valence-electron chi connectivity index (χ0n) is 27.4. The van der Waals surface area contributed by atoms with Crippen LogP contribution >= 0.6 is 0 Å². The molecule has 0 bridgehead atoms. The number of aromatic nitrogens is 4. The molecule has 6 rings (SSSR count). The van der Waals surface area contributed by atoms with Gasteiger partial charge in [0.2, 0.25) is 10.0 Å². The van der Waals surface area contributed by atoms with Crippen LogP contribution in [0.2, 0.25) is 0 Å². The number of rotatable bonds is 8. The quantitative estimate of drug-likeness (QED) is 0.157. The Morgan fingerprint density at radius 3 is 1.94 bits per heavy atom. The Balaban J connectivity index is 0.000000232. The third kappa shape index (κ3) is 9.28. The molecule has 21 heteroatoms. The van der Waals surface area contributed by atoms with Crippen LogP contribution in [-0.2, 0) is 36.8 Å². The largest absolute Gasteiger partial charge is 3.00 e. The molecule has 274 valence electrons. The van der Waals surface area contributed by atoms with E-state index in [1.807, 2.05) is 6.07 Å². The summed E-state index contributed by atoms with van der Waals surface area (Å²) < 4.78 is 54.9. The average Bonchev–Trinajstić information content (AvgIpc) is 3.56. The number of hydrogen-bond acceptors (Lipinski definition) is 14. The number of primary sulfonamides is 1. The van der Waals surface area contributed by atoms with Gasteiger partial charge < -0.3 is 19.9 Å². The molecule has 6 aromatic rings. The topological polar surface area (TPSA) is 296 Å². The molecule has 0 saturated heterocycles. The van der Waals surface area contributed by atoms with E-state index in [1.165, 1.54) is 4.68 Å². The maximum absolute atomic E-state index is 12.5. The van der Waals surface area contributed by atoms with Crippen molar-refractivity contribution in [3.8, 4) is 28.8 Å². The predicted octanol–water partition coefficient (Wildman–Crippen LogP) is 4.52. The van der Waals surface area contributed by atoms with Crippen molar-refractivity contribution in [2.45, 2.75) is 23.6 Å². The molecule has 1 atom stereocenters. The van der Waals surface area contributed by atoms with Crippen molar-refractivity contribution in [2.24, 2.45) is 25.6 Å². The fourth-order valence-corrected chi connectivity index (χ4v) is 5.53. The summed E-state index contributed by atoms with van der Waals surface area (Å²) in [6, 6.07) is 23.9. The first-order valence-corrected chi connectivity index (χ1v) is 17.8. The number of phenols is 1. The number of nitrogens with zero attached hydrogens (tertiary/aromatic N) is 7. The Hall–Kier alpha value is -5.97. The number of aromatic hydroxyl groups is 1. The van der Waals surface area contributed by atoms with Gasteiger partial charge in [0.25, 0.3) is 5.56 Å². The monoisotopic (exact) mass is 802 g/mol. The molecule has 0 amide bonds. The Labute approximate surface area is 312 Å². The number of aryl methyl sites for hydroxylation is 2. The van der Waals surface area contributed by atoms with Crippen LogP contribution in [0.15, 0.2) is 132 Å². The van der Waals surface area contributed by atoms with E-state index in [0.29, 0.717) is 22.8 Å². The second-order valence-electron chi connectivity index (χ2n) is 10.8. The Morgan fingerprint density at radius 2 is 1.34 bits per heavy atom. The number of azo groups is 2. The van der Waals surface area contributed by atoms with Crippen LogP contribution in [0.25, 0.3) is 11.4 Å². The van der Waals surface area contributed by atoms with Crippen molar-refractivity contribution in [3.63, 3.8) is 0 Å². The molecule has 2 heterocycles. The molecule has 0 aliphatic carbocycles. The van der Waals surface area contributed by atoms with Crippen molar-refractivity contribution in [1.29, 1.82) is 4.78 Å². The Bertz CT molecular complexity index is 2610. The predicted molar refractivity (Wildman–Crippen MR) is 182 cm³/mol. The summed E-state index contributed by atoms with van der Waals surface area (Å²) in [5, 5.41) is 61.3. The molecule has 5 N–H and O–H groups in total. The van der Waals surface area contributed by atoms with Gasteiger partial charge in [-0.1, -0.05) is 48.2 Å². The molecule has 0 radical (unpaired) electrons. The second-order valence-corrected chi connectivity index (χ2v) is 13.8. The number of sulfonamides is 1. The van der Waals surface area contributed by atoms with Crippen molar-refractivity contribution in [1.82, 2.24) is 19.6 Å². The molecule has 0 aliphatic rings. The van der Waals surface area contributed by atoms with E-state index in [9.17, 15) is 37.3 Å². The first-order valence-electron chi connectivity index (χ1n) is 14.7. The summed E-state index contributed by atoms with van der Waals surface area (Å²) in [6.45, 7) is 3.22. The minimum atomic E-state index is -4.24. The van der Waals surface area contributed by atoms with Crippen molar-refractivity contribution >= 4 is 42.8 Å². The first kappa shape index (κ1) is 39.8. The SMILES string of the molecule is Cc1[nH]n(-c2ccccc2)c(=O)c1N=Nc1cc(S(N)(=O)=O)ccc1O.Cc1nn(-c2ccccc2)c([O-])c1N=Nc1cc(S(=N)(=O)[O-])ccc1[O-].[Co+3]. The van der Waals surface area contributed by atoms with E-state index in [-0.39, 0.29) is 55.1 Å². The van der Waals surface area contributed by atoms with Crippen LogP contribution in [0.4, 0.5) is 22.7 Å². The molecule has 4 aromatic carbocycles. The summed E-state index contributed by atoms with van der Waals surface area (Å²) in [5.74, 6) is -1.39. The number of para-hydroxylation sites is 2. The molecule has 53 heavy (non-hydrogen) atoms. The van der Waals surface area contributed by atoms with Gasteiger partial charge in [0, 0.05) is 20.8 Å². The second kappa shape index (κ2) is 16.1. The summed E-state index contributed by atoms with van der Waals surface area (Å²) in [7, 11) is -8.20. The van der Waals surface area contributed by atoms with Crippen LogP contribution in [0.1, 0.15) is 11.4 Å². The van der Waals surface area contributed by atoms with E-state index >= 15 is 0 Å². The number of nitrogens with one attached hydrogen (secondary N) is 2. The molecule has 18 nitrogen and oxygen atoms in total. The summed E-state index contributed by atoms with van der Waals surface area (Å²) >= 11 is 0. The van der Waals surface area contributed by atoms with E-state index in [2.05, 4.69) is 30.7 Å². The Kier molecular flexibility index (Phi) is 12.1. The fraction of sp³-hybridized carbons (Fsp3) is 0.0625. The van der Waals surface area contributed by atoms with Gasteiger partial charge in [-0.05, 0) is 68.4 Å². The van der Waals surface area contributed by atoms with Crippen LogP contribution in [0.5, 0.6) is 17.4 Å². The normalized spacial score (nSPS) is 12.6. The number of nitrogens with two attached hydrogens (primary N) is 1. The zero-order valence-corrected chi connectivity index (χ0v) is 30.1. The van der Waals surface area contributed by atoms with Gasteiger partial charge in [-0.2, -0.15) is 10.2 Å². The van der Waals surface area contributed by atoms with Crippen LogP contribution < -0.4 is 20.9 Å². The molecule has 0 saturated carbocycles. The average molecular weight is 803 g/mol. The fourth-order valence-electron chi connectivity index (χ4n) is 4.48. The van der Waals surface area contributed by atoms with Gasteiger partial charge in [0.15, 0.2) is 5.69 Å². The number of aromatic amines is 1. The molecule has 1 unspecified atom stereocenters. The molecular weight excluding hydrogens is 775 g/mol. The summed E-state index contributed by atoms with van der Waals surface area (Å²) in [6.07, 6.45) is 0. The Morgan fingerprint density at radius 1 is 0.792 bits per heavy atom. The molecule has 0 spiro atoms. The number of H-pyrrole nitrogens is 1. The van der Waals surface area contributed by atoms with E-state index in [1.54, 1.807) is 68.4 Å². The van der Waals surface area contributed by atoms with Crippen LogP contribution in [0.3, 0.4) is 0 Å². The third-order valence-electron chi connectivity index (χ3n) is 7.07. The minimum absolute atomic E-state index is 0. The van der Waals surface area contributed by atoms with E-state index in [4.69, 9.17) is 9.92 Å². The maximum Gasteiger partial charge on any atom is 3.00 e. The van der Waals surface area contributed by atoms with Crippen LogP contribution in [-0.4, -0.2) is 41.8 Å². The van der Waals surface area contributed by atoms with Gasteiger partial charge >= 0.3 is 16.8 Å². The minimum Gasteiger partial charge on any atom is -0.871 e. The van der Waals surface area contributed by atoms with Crippen LogP contribution in [0, 0.1) is 18.6 Å². The van der Waals surface area contributed by atoms with Gasteiger partial charge in [-0.3, -0.25) is 18.9 Å². The number of benzene rings is 4. The molecular formula is C32H27CoN10O8S2. The third-order valence-corrected chi connectivity index (χ3v) is 8.86. The van der Waals surface area contributed by atoms with Crippen molar-refractivity contribution in [2.75, 3.05) is 0 Å². The summed E-state index contributed by atoms with van der Waals surface area (Å²) in [5.41, 5.74) is 1.08. The number of phenolic OH excluding ortho intramolecular Hbond substituents is 1. The zero-order chi connectivity index (χ0) is 37.8. The maximum atomic E-state index is 12.5. The molecule has 0 aliphatic heterocycles. The first-order chi connectivity index (χ1) is 24.5. The number of hydrogen-bond donors (Lipinski definition) is 4. The van der Waals surface area contributed by atoms with Gasteiger partial charge in [-0.25, -0.2) is 22.9 Å². The van der Waals surface area contributed by atoms with Gasteiger partial charge in [0.05, 0.1) is 33.3 Å². The van der Waals surface area contributed by atoms with Gasteiger partial charge in [0.1, 0.15) is 17.1 Å².